The Bertz CT molecular complexity index is 335. The maximum absolute atomic E-state index is 5.84. The molecule has 1 saturated heterocycles. The minimum Gasteiger partial charge on any atom is -0.396 e. The Morgan fingerprint density at radius 3 is 3.20 bits per heavy atom. The van der Waals surface area contributed by atoms with Crippen LogP contribution in [0.1, 0.15) is 18.4 Å². The van der Waals surface area contributed by atoms with Crippen LogP contribution in [0.2, 0.25) is 0 Å². The lowest BCUT2D eigenvalue weighted by Gasteiger charge is -2.12. The Morgan fingerprint density at radius 1 is 1.67 bits per heavy atom. The molecule has 2 rings (SSSR count). The fourth-order valence-corrected chi connectivity index (χ4v) is 1.76. The van der Waals surface area contributed by atoms with Crippen LogP contribution in [-0.2, 0) is 4.74 Å². The normalized spacial score (nSPS) is 20.5. The second kappa shape index (κ2) is 4.49. The van der Waals surface area contributed by atoms with E-state index < -0.39 is 0 Å². The smallest absolute Gasteiger partial charge is 0.149 e. The summed E-state index contributed by atoms with van der Waals surface area (Å²) in [6.07, 6.45) is 4.41. The summed E-state index contributed by atoms with van der Waals surface area (Å²) < 4.78 is 5.51. The average molecular weight is 207 g/mol. The highest BCUT2D eigenvalue weighted by molar-refractivity contribution is 5.61. The predicted octanol–water partition coefficient (Wildman–Crippen LogP) is 1.56. The standard InChI is InChI=1S/C11H17N3O/c1-8-5-10(12)11(13-6-8)14-7-9-3-2-4-15-9/h5-6,9H,2-4,7,12H2,1H3,(H,13,14)/t9-/m1/s1. The van der Waals surface area contributed by atoms with E-state index in [1.54, 1.807) is 0 Å². The van der Waals surface area contributed by atoms with Gasteiger partial charge >= 0.3 is 0 Å². The van der Waals surface area contributed by atoms with Crippen LogP contribution in [0.15, 0.2) is 12.3 Å². The van der Waals surface area contributed by atoms with E-state index in [-0.39, 0.29) is 0 Å². The molecular weight excluding hydrogens is 190 g/mol. The van der Waals surface area contributed by atoms with E-state index in [4.69, 9.17) is 10.5 Å². The largest absolute Gasteiger partial charge is 0.396 e. The number of aryl methyl sites for hydroxylation is 1. The van der Waals surface area contributed by atoms with Gasteiger partial charge < -0.3 is 15.8 Å². The fourth-order valence-electron chi connectivity index (χ4n) is 1.76. The second-order valence-corrected chi connectivity index (χ2v) is 3.97. The summed E-state index contributed by atoms with van der Waals surface area (Å²) in [5.41, 5.74) is 7.62. The van der Waals surface area contributed by atoms with Crippen molar-refractivity contribution >= 4 is 11.5 Å². The summed E-state index contributed by atoms with van der Waals surface area (Å²) in [6.45, 7) is 3.65. The first kappa shape index (κ1) is 10.2. The zero-order chi connectivity index (χ0) is 10.7. The SMILES string of the molecule is Cc1cnc(NC[C@H]2CCCO2)c(N)c1. The van der Waals surface area contributed by atoms with Crippen molar-refractivity contribution in [2.24, 2.45) is 0 Å². The van der Waals surface area contributed by atoms with Crippen molar-refractivity contribution < 1.29 is 4.74 Å². The van der Waals surface area contributed by atoms with Gasteiger partial charge in [0.15, 0.2) is 0 Å². The van der Waals surface area contributed by atoms with E-state index in [9.17, 15) is 0 Å². The molecule has 4 heteroatoms. The molecule has 0 saturated carbocycles. The summed E-state index contributed by atoms with van der Waals surface area (Å²) in [6, 6.07) is 1.92. The van der Waals surface area contributed by atoms with Crippen molar-refractivity contribution in [2.75, 3.05) is 24.2 Å². The van der Waals surface area contributed by atoms with E-state index in [2.05, 4.69) is 10.3 Å². The van der Waals surface area contributed by atoms with Crippen molar-refractivity contribution in [2.45, 2.75) is 25.9 Å². The van der Waals surface area contributed by atoms with Gasteiger partial charge in [-0.1, -0.05) is 0 Å². The number of anilines is 2. The Kier molecular flexibility index (Phi) is 3.06. The first-order chi connectivity index (χ1) is 7.25. The maximum atomic E-state index is 5.84. The molecule has 2 heterocycles. The Hall–Kier alpha value is -1.29. The molecule has 0 bridgehead atoms. The molecule has 1 aromatic rings. The monoisotopic (exact) mass is 207 g/mol. The summed E-state index contributed by atoms with van der Waals surface area (Å²) in [7, 11) is 0. The molecular formula is C11H17N3O. The van der Waals surface area contributed by atoms with Gasteiger partial charge in [-0.2, -0.15) is 0 Å². The summed E-state index contributed by atoms with van der Waals surface area (Å²) in [5.74, 6) is 0.760. The van der Waals surface area contributed by atoms with Crippen molar-refractivity contribution in [3.63, 3.8) is 0 Å². The van der Waals surface area contributed by atoms with E-state index in [1.807, 2.05) is 19.2 Å². The number of nitrogens with two attached hydrogens (primary N) is 1. The molecule has 1 aliphatic heterocycles. The lowest BCUT2D eigenvalue weighted by Crippen LogP contribution is -2.19. The molecule has 4 nitrogen and oxygen atoms in total. The van der Waals surface area contributed by atoms with Gasteiger partial charge in [0.2, 0.25) is 0 Å². The number of rotatable bonds is 3. The molecule has 0 aromatic carbocycles. The number of ether oxygens (including phenoxy) is 1. The minimum absolute atomic E-state index is 0.313. The molecule has 0 spiro atoms. The van der Waals surface area contributed by atoms with Crippen LogP contribution >= 0.6 is 0 Å². The third-order valence-electron chi connectivity index (χ3n) is 2.58. The summed E-state index contributed by atoms with van der Waals surface area (Å²) in [5, 5.41) is 3.22. The van der Waals surface area contributed by atoms with Crippen molar-refractivity contribution in [1.29, 1.82) is 0 Å². The van der Waals surface area contributed by atoms with Crippen molar-refractivity contribution in [1.82, 2.24) is 4.98 Å². The Morgan fingerprint density at radius 2 is 2.53 bits per heavy atom. The Labute approximate surface area is 89.8 Å². The van der Waals surface area contributed by atoms with Gasteiger partial charge in [-0.25, -0.2) is 4.98 Å². The third-order valence-corrected chi connectivity index (χ3v) is 2.58. The first-order valence-electron chi connectivity index (χ1n) is 5.33. The zero-order valence-corrected chi connectivity index (χ0v) is 8.99. The topological polar surface area (TPSA) is 60.2 Å². The van der Waals surface area contributed by atoms with E-state index in [1.165, 1.54) is 0 Å². The first-order valence-corrected chi connectivity index (χ1v) is 5.33. The molecule has 1 aromatic heterocycles. The number of nitrogens with one attached hydrogen (secondary N) is 1. The van der Waals surface area contributed by atoms with Crippen LogP contribution in [0.25, 0.3) is 0 Å². The van der Waals surface area contributed by atoms with Crippen LogP contribution in [0, 0.1) is 6.92 Å². The number of nitrogens with zero attached hydrogens (tertiary/aromatic N) is 1. The maximum Gasteiger partial charge on any atom is 0.149 e. The fraction of sp³-hybridized carbons (Fsp3) is 0.545. The average Bonchev–Trinajstić information content (AvgIpc) is 2.69. The van der Waals surface area contributed by atoms with Gasteiger partial charge in [-0.3, -0.25) is 0 Å². The molecule has 0 aliphatic carbocycles. The molecule has 1 fully saturated rings. The van der Waals surface area contributed by atoms with Crippen LogP contribution in [0.4, 0.5) is 11.5 Å². The number of aromatic nitrogens is 1. The lowest BCUT2D eigenvalue weighted by atomic mass is 10.2. The zero-order valence-electron chi connectivity index (χ0n) is 8.99. The van der Waals surface area contributed by atoms with Gasteiger partial charge in [0.05, 0.1) is 11.8 Å². The number of pyridine rings is 1. The van der Waals surface area contributed by atoms with E-state index >= 15 is 0 Å². The molecule has 1 atom stereocenters. The second-order valence-electron chi connectivity index (χ2n) is 3.97. The van der Waals surface area contributed by atoms with Crippen LogP contribution in [-0.4, -0.2) is 24.2 Å². The molecule has 0 radical (unpaired) electrons. The molecule has 82 valence electrons. The Balaban J connectivity index is 1.92. The van der Waals surface area contributed by atoms with Crippen molar-refractivity contribution in [3.05, 3.63) is 17.8 Å². The number of hydrogen-bond acceptors (Lipinski definition) is 4. The molecule has 1 aliphatic rings. The highest BCUT2D eigenvalue weighted by Gasteiger charge is 2.15. The van der Waals surface area contributed by atoms with Gasteiger partial charge in [0.1, 0.15) is 5.82 Å². The van der Waals surface area contributed by atoms with Gasteiger partial charge in [-0.05, 0) is 31.4 Å². The minimum atomic E-state index is 0.313. The predicted molar refractivity (Wildman–Crippen MR) is 60.9 cm³/mol. The van der Waals surface area contributed by atoms with Gasteiger partial charge in [0.25, 0.3) is 0 Å². The van der Waals surface area contributed by atoms with Crippen LogP contribution in [0.5, 0.6) is 0 Å². The highest BCUT2D eigenvalue weighted by atomic mass is 16.5. The van der Waals surface area contributed by atoms with Gasteiger partial charge in [-0.15, -0.1) is 0 Å². The number of nitrogen functional groups attached to an aromatic ring is 1. The third kappa shape index (κ3) is 2.59. The molecule has 0 amide bonds. The lowest BCUT2D eigenvalue weighted by molar-refractivity contribution is 0.120. The van der Waals surface area contributed by atoms with E-state index in [0.717, 1.165) is 37.4 Å². The van der Waals surface area contributed by atoms with E-state index in [0.29, 0.717) is 11.8 Å². The van der Waals surface area contributed by atoms with Crippen molar-refractivity contribution in [3.8, 4) is 0 Å². The molecule has 3 N–H and O–H groups in total. The number of hydrogen-bond donors (Lipinski definition) is 2. The van der Waals surface area contributed by atoms with Gasteiger partial charge in [0, 0.05) is 19.3 Å². The van der Waals surface area contributed by atoms with Crippen LogP contribution in [0.3, 0.4) is 0 Å². The summed E-state index contributed by atoms with van der Waals surface area (Å²) >= 11 is 0. The summed E-state index contributed by atoms with van der Waals surface area (Å²) in [4.78, 5) is 4.25. The molecule has 15 heavy (non-hydrogen) atoms. The van der Waals surface area contributed by atoms with Crippen LogP contribution < -0.4 is 11.1 Å². The highest BCUT2D eigenvalue weighted by Crippen LogP contribution is 2.17. The molecule has 0 unspecified atom stereocenters. The quantitative estimate of drug-likeness (QED) is 0.789.